The van der Waals surface area contributed by atoms with Gasteiger partial charge in [0.2, 0.25) is 10.0 Å². The number of thiophene rings is 1. The van der Waals surface area contributed by atoms with Crippen molar-refractivity contribution in [3.05, 3.63) is 45.8 Å². The molecule has 2 amide bonds. The topological polar surface area (TPSA) is 98.8 Å². The van der Waals surface area contributed by atoms with Crippen molar-refractivity contribution in [1.82, 2.24) is 14.5 Å². The van der Waals surface area contributed by atoms with Crippen LogP contribution in [0.5, 0.6) is 0 Å². The van der Waals surface area contributed by atoms with Crippen molar-refractivity contribution in [2.45, 2.75) is 51.5 Å². The van der Waals surface area contributed by atoms with Crippen LogP contribution >= 0.6 is 11.3 Å². The normalized spacial score (nSPS) is 14.1. The molecule has 1 aliphatic heterocycles. The van der Waals surface area contributed by atoms with Gasteiger partial charge in [-0.3, -0.25) is 14.5 Å². The number of anilines is 1. The van der Waals surface area contributed by atoms with Crippen LogP contribution in [0.15, 0.2) is 29.2 Å². The Bertz CT molecular complexity index is 1130. The van der Waals surface area contributed by atoms with Crippen LogP contribution in [-0.2, 0) is 23.0 Å². The second-order valence-electron chi connectivity index (χ2n) is 8.23. The number of amides is 2. The van der Waals surface area contributed by atoms with Crippen molar-refractivity contribution >= 4 is 38.2 Å². The highest BCUT2D eigenvalue weighted by Crippen LogP contribution is 2.37. The van der Waals surface area contributed by atoms with Crippen LogP contribution in [0.2, 0.25) is 0 Å². The van der Waals surface area contributed by atoms with Gasteiger partial charge in [-0.25, -0.2) is 8.42 Å². The number of nitrogens with zero attached hydrogens (tertiary/aromatic N) is 2. The van der Waals surface area contributed by atoms with Crippen LogP contribution in [0.25, 0.3) is 0 Å². The van der Waals surface area contributed by atoms with Crippen molar-refractivity contribution < 1.29 is 18.0 Å². The summed E-state index contributed by atoms with van der Waals surface area (Å²) >= 11 is 1.43. The number of hydrogen-bond acceptors (Lipinski definition) is 6. The smallest absolute Gasteiger partial charge is 0.256 e. The highest BCUT2D eigenvalue weighted by molar-refractivity contribution is 7.89. The number of fused-ring (bicyclic) bond motifs is 1. The molecule has 1 aromatic heterocycles. The first-order chi connectivity index (χ1) is 16.3. The monoisotopic (exact) mass is 506 g/mol. The molecule has 1 aliphatic rings. The molecule has 0 bridgehead atoms. The van der Waals surface area contributed by atoms with Crippen LogP contribution in [0.4, 0.5) is 5.00 Å². The number of unbranched alkanes of at least 4 members (excludes halogenated alkanes) is 1. The lowest BCUT2D eigenvalue weighted by atomic mass is 10.0. The van der Waals surface area contributed by atoms with Gasteiger partial charge in [-0.2, -0.15) is 4.31 Å². The number of rotatable bonds is 10. The zero-order valence-corrected chi connectivity index (χ0v) is 21.9. The van der Waals surface area contributed by atoms with E-state index < -0.39 is 10.0 Å². The Morgan fingerprint density at radius 3 is 2.41 bits per heavy atom. The quantitative estimate of drug-likeness (QED) is 0.514. The van der Waals surface area contributed by atoms with E-state index in [2.05, 4.69) is 22.5 Å². The standard InChI is InChI=1S/C24H34N4O4S2/c1-5-8-14-28(7-3)34(31,32)18-11-9-17(10-12-18)22(29)26-24-21(23(30)25-4)19-13-15-27(6-2)16-20(19)33-24/h9-12H,5-8,13-16H2,1-4H3,(H,25,30)(H,26,29). The molecule has 2 aromatic rings. The van der Waals surface area contributed by atoms with E-state index in [1.807, 2.05) is 13.8 Å². The second-order valence-corrected chi connectivity index (χ2v) is 11.3. The Kier molecular flexibility index (Phi) is 8.86. The summed E-state index contributed by atoms with van der Waals surface area (Å²) in [6.45, 7) is 9.37. The molecule has 3 rings (SSSR count). The lowest BCUT2D eigenvalue weighted by Gasteiger charge is -2.25. The fraction of sp³-hybridized carbons (Fsp3) is 0.500. The number of nitrogens with one attached hydrogen (secondary N) is 2. The van der Waals surface area contributed by atoms with Gasteiger partial charge >= 0.3 is 0 Å². The van der Waals surface area contributed by atoms with Crippen molar-refractivity contribution in [3.63, 3.8) is 0 Å². The minimum absolute atomic E-state index is 0.166. The highest BCUT2D eigenvalue weighted by atomic mass is 32.2. The Labute approximate surface area is 206 Å². The molecule has 0 atom stereocenters. The Hall–Kier alpha value is -2.27. The maximum atomic E-state index is 13.0. The molecule has 1 aromatic carbocycles. The Morgan fingerprint density at radius 2 is 1.82 bits per heavy atom. The summed E-state index contributed by atoms with van der Waals surface area (Å²) in [5.41, 5.74) is 1.86. The van der Waals surface area contributed by atoms with Crippen molar-refractivity contribution in [3.8, 4) is 0 Å². The minimum Gasteiger partial charge on any atom is -0.355 e. The summed E-state index contributed by atoms with van der Waals surface area (Å²) in [7, 11) is -2.03. The van der Waals surface area contributed by atoms with Crippen molar-refractivity contribution in [2.75, 3.05) is 38.5 Å². The van der Waals surface area contributed by atoms with Crippen LogP contribution in [0.3, 0.4) is 0 Å². The average molecular weight is 507 g/mol. The summed E-state index contributed by atoms with van der Waals surface area (Å²) in [6.07, 6.45) is 2.46. The molecule has 2 heterocycles. The molecule has 0 aliphatic carbocycles. The number of likely N-dealkylation sites (N-methyl/N-ethyl adjacent to an activating group) is 1. The molecule has 8 nitrogen and oxygen atoms in total. The SMILES string of the molecule is CCCCN(CC)S(=O)(=O)c1ccc(C(=O)Nc2sc3c(c2C(=O)NC)CCN(CC)C3)cc1. The first-order valence-corrected chi connectivity index (χ1v) is 14.0. The average Bonchev–Trinajstić information content (AvgIpc) is 3.20. The lowest BCUT2D eigenvalue weighted by molar-refractivity contribution is 0.0962. The van der Waals surface area contributed by atoms with E-state index in [0.717, 1.165) is 49.3 Å². The molecule has 0 unspecified atom stereocenters. The molecule has 0 fully saturated rings. The van der Waals surface area contributed by atoms with Gasteiger partial charge in [0, 0.05) is 43.7 Å². The third-order valence-electron chi connectivity index (χ3n) is 6.13. The zero-order chi connectivity index (χ0) is 24.9. The fourth-order valence-electron chi connectivity index (χ4n) is 4.06. The van der Waals surface area contributed by atoms with Gasteiger partial charge in [-0.1, -0.05) is 27.2 Å². The van der Waals surface area contributed by atoms with Gasteiger partial charge in [0.25, 0.3) is 11.8 Å². The van der Waals surface area contributed by atoms with E-state index in [4.69, 9.17) is 0 Å². The predicted molar refractivity (Wildman–Crippen MR) is 136 cm³/mol. The van der Waals surface area contributed by atoms with Crippen LogP contribution in [0.1, 0.15) is 64.8 Å². The maximum Gasteiger partial charge on any atom is 0.256 e. The number of benzene rings is 1. The van der Waals surface area contributed by atoms with E-state index >= 15 is 0 Å². The molecule has 0 saturated carbocycles. The molecule has 34 heavy (non-hydrogen) atoms. The van der Waals surface area contributed by atoms with Gasteiger partial charge in [0.15, 0.2) is 0 Å². The predicted octanol–water partition coefficient (Wildman–Crippen LogP) is 3.55. The summed E-state index contributed by atoms with van der Waals surface area (Å²) in [5.74, 6) is -0.593. The third-order valence-corrected chi connectivity index (χ3v) is 9.25. The Morgan fingerprint density at radius 1 is 1.12 bits per heavy atom. The summed E-state index contributed by atoms with van der Waals surface area (Å²) in [4.78, 5) is 29.2. The van der Waals surface area contributed by atoms with Gasteiger partial charge in [0.1, 0.15) is 5.00 Å². The third kappa shape index (κ3) is 5.51. The minimum atomic E-state index is -3.61. The van der Waals surface area contributed by atoms with E-state index in [0.29, 0.717) is 29.2 Å². The molecule has 2 N–H and O–H groups in total. The molecule has 10 heteroatoms. The first kappa shape index (κ1) is 26.3. The van der Waals surface area contributed by atoms with Gasteiger partial charge in [0.05, 0.1) is 10.5 Å². The fourth-order valence-corrected chi connectivity index (χ4v) is 6.84. The number of sulfonamides is 1. The Balaban J connectivity index is 1.83. The number of carbonyl (C=O) groups excluding carboxylic acids is 2. The van der Waals surface area contributed by atoms with Crippen LogP contribution in [0, 0.1) is 0 Å². The van der Waals surface area contributed by atoms with Crippen LogP contribution in [-0.4, -0.2) is 62.7 Å². The first-order valence-electron chi connectivity index (χ1n) is 11.8. The van der Waals surface area contributed by atoms with Gasteiger partial charge in [-0.15, -0.1) is 11.3 Å². The van der Waals surface area contributed by atoms with E-state index in [1.54, 1.807) is 7.05 Å². The second kappa shape index (κ2) is 11.4. The molecular formula is C24H34N4O4S2. The summed E-state index contributed by atoms with van der Waals surface area (Å²) in [6, 6.07) is 5.97. The van der Waals surface area contributed by atoms with E-state index in [-0.39, 0.29) is 16.7 Å². The van der Waals surface area contributed by atoms with E-state index in [9.17, 15) is 18.0 Å². The number of carbonyl (C=O) groups is 2. The highest BCUT2D eigenvalue weighted by Gasteiger charge is 2.28. The molecule has 0 saturated heterocycles. The summed E-state index contributed by atoms with van der Waals surface area (Å²) < 4.78 is 27.3. The van der Waals surface area contributed by atoms with E-state index in [1.165, 1.54) is 39.9 Å². The maximum absolute atomic E-state index is 13.0. The zero-order valence-electron chi connectivity index (χ0n) is 20.3. The number of hydrogen-bond donors (Lipinski definition) is 2. The van der Waals surface area contributed by atoms with Crippen LogP contribution < -0.4 is 10.6 Å². The molecule has 0 spiro atoms. The molecule has 0 radical (unpaired) electrons. The van der Waals surface area contributed by atoms with Crippen molar-refractivity contribution in [2.24, 2.45) is 0 Å². The van der Waals surface area contributed by atoms with Gasteiger partial charge < -0.3 is 10.6 Å². The van der Waals surface area contributed by atoms with Crippen molar-refractivity contribution in [1.29, 1.82) is 0 Å². The molecule has 186 valence electrons. The molecular weight excluding hydrogens is 472 g/mol. The summed E-state index contributed by atoms with van der Waals surface area (Å²) in [5, 5.41) is 6.10. The largest absolute Gasteiger partial charge is 0.355 e. The lowest BCUT2D eigenvalue weighted by Crippen LogP contribution is -2.31. The van der Waals surface area contributed by atoms with Gasteiger partial charge in [-0.05, 0) is 49.2 Å².